The molecule has 2 heterocycles. The average Bonchev–Trinajstić information content (AvgIpc) is 2.54. The Labute approximate surface area is 138 Å². The lowest BCUT2D eigenvalue weighted by molar-refractivity contribution is 0.192. The first kappa shape index (κ1) is 15.4. The second kappa shape index (κ2) is 6.31. The monoisotopic (exact) mass is 329 g/mol. The van der Waals surface area contributed by atoms with Crippen LogP contribution in [-0.2, 0) is 0 Å². The van der Waals surface area contributed by atoms with Gasteiger partial charge in [0.2, 0.25) is 0 Å². The van der Waals surface area contributed by atoms with Gasteiger partial charge in [0.1, 0.15) is 5.82 Å². The summed E-state index contributed by atoms with van der Waals surface area (Å²) in [6.07, 6.45) is 1.81. The third-order valence-corrected chi connectivity index (χ3v) is 4.21. The molecular formula is C16H16ClN5O. The summed E-state index contributed by atoms with van der Waals surface area (Å²) < 4.78 is 0. The third-order valence-electron chi connectivity index (χ3n) is 3.98. The highest BCUT2D eigenvalue weighted by Gasteiger charge is 2.22. The summed E-state index contributed by atoms with van der Waals surface area (Å²) in [5, 5.41) is 14.0. The normalized spacial score (nSPS) is 17.7. The molecular weight excluding hydrogens is 314 g/mol. The fourth-order valence-electron chi connectivity index (χ4n) is 2.87. The van der Waals surface area contributed by atoms with Crippen molar-refractivity contribution >= 4 is 34.4 Å². The van der Waals surface area contributed by atoms with Crippen LogP contribution in [0.5, 0.6) is 0 Å². The molecule has 1 aromatic heterocycles. The smallest absolute Gasteiger partial charge is 0.314 e. The lowest BCUT2D eigenvalue weighted by Gasteiger charge is -2.32. The van der Waals surface area contributed by atoms with Gasteiger partial charge in [0.25, 0.3) is 0 Å². The Balaban J connectivity index is 1.87. The number of nitrogens with two attached hydrogens (primary N) is 1. The number of rotatable bonds is 2. The second-order valence-electron chi connectivity index (χ2n) is 5.60. The number of primary amides is 1. The predicted molar refractivity (Wildman–Crippen MR) is 89.3 cm³/mol. The van der Waals surface area contributed by atoms with E-state index in [1.54, 1.807) is 29.2 Å². The molecule has 3 rings (SSSR count). The fraction of sp³-hybridized carbons (Fsp3) is 0.312. The van der Waals surface area contributed by atoms with Gasteiger partial charge in [-0.15, -0.1) is 0 Å². The van der Waals surface area contributed by atoms with Crippen LogP contribution in [0.3, 0.4) is 0 Å². The molecule has 3 N–H and O–H groups in total. The molecule has 1 atom stereocenters. The van der Waals surface area contributed by atoms with Gasteiger partial charge in [-0.25, -0.2) is 9.78 Å². The van der Waals surface area contributed by atoms with Crippen LogP contribution < -0.4 is 11.1 Å². The highest BCUT2D eigenvalue weighted by molar-refractivity contribution is 6.31. The maximum Gasteiger partial charge on any atom is 0.314 e. The number of likely N-dealkylation sites (tertiary alicyclic amines) is 1. The number of pyridine rings is 1. The zero-order chi connectivity index (χ0) is 16.4. The Morgan fingerprint density at radius 3 is 3.04 bits per heavy atom. The van der Waals surface area contributed by atoms with Crippen molar-refractivity contribution in [1.82, 2.24) is 9.88 Å². The van der Waals surface area contributed by atoms with E-state index in [1.807, 2.05) is 0 Å². The van der Waals surface area contributed by atoms with Gasteiger partial charge in [0.15, 0.2) is 0 Å². The van der Waals surface area contributed by atoms with E-state index >= 15 is 0 Å². The number of aromatic nitrogens is 1. The molecule has 23 heavy (non-hydrogen) atoms. The highest BCUT2D eigenvalue weighted by Crippen LogP contribution is 2.25. The molecule has 2 aromatic rings. The van der Waals surface area contributed by atoms with Crippen LogP contribution in [0.2, 0.25) is 5.02 Å². The van der Waals surface area contributed by atoms with E-state index in [1.165, 1.54) is 0 Å². The first-order valence-corrected chi connectivity index (χ1v) is 7.76. The Bertz CT molecular complexity index is 801. The summed E-state index contributed by atoms with van der Waals surface area (Å²) in [4.78, 5) is 17.5. The number of nitrogens with one attached hydrogen (secondary N) is 1. The summed E-state index contributed by atoms with van der Waals surface area (Å²) in [6.45, 7) is 1.22. The van der Waals surface area contributed by atoms with Crippen LogP contribution in [-0.4, -0.2) is 35.0 Å². The number of anilines is 1. The number of nitrogens with zero attached hydrogens (tertiary/aromatic N) is 3. The van der Waals surface area contributed by atoms with Crippen molar-refractivity contribution in [2.75, 3.05) is 18.4 Å². The van der Waals surface area contributed by atoms with Crippen LogP contribution in [0.25, 0.3) is 10.9 Å². The molecule has 0 aliphatic carbocycles. The molecule has 2 amide bonds. The Hall–Kier alpha value is -2.52. The fourth-order valence-corrected chi connectivity index (χ4v) is 3.04. The van der Waals surface area contributed by atoms with Crippen molar-refractivity contribution in [2.45, 2.75) is 18.9 Å². The number of benzene rings is 1. The molecule has 1 aliphatic rings. The van der Waals surface area contributed by atoms with E-state index in [0.717, 1.165) is 18.2 Å². The molecule has 1 saturated heterocycles. The quantitative estimate of drug-likeness (QED) is 0.885. The molecule has 6 nitrogen and oxygen atoms in total. The number of halogens is 1. The SMILES string of the molecule is N#Cc1cc(NC2CCCN(C(N)=O)C2)nc2ccc(Cl)cc12. The first-order valence-electron chi connectivity index (χ1n) is 7.38. The van der Waals surface area contributed by atoms with Crippen molar-refractivity contribution < 1.29 is 4.79 Å². The number of amides is 2. The van der Waals surface area contributed by atoms with Gasteiger partial charge in [-0.05, 0) is 37.1 Å². The van der Waals surface area contributed by atoms with Gasteiger partial charge in [0, 0.05) is 29.5 Å². The van der Waals surface area contributed by atoms with E-state index in [4.69, 9.17) is 17.3 Å². The Kier molecular flexibility index (Phi) is 4.22. The van der Waals surface area contributed by atoms with E-state index < -0.39 is 6.03 Å². The molecule has 1 unspecified atom stereocenters. The van der Waals surface area contributed by atoms with Crippen LogP contribution >= 0.6 is 11.6 Å². The van der Waals surface area contributed by atoms with Crippen LogP contribution in [0.4, 0.5) is 10.6 Å². The molecule has 1 aliphatic heterocycles. The standard InChI is InChI=1S/C16H16ClN5O/c17-11-3-4-14-13(7-11)10(8-18)6-15(21-14)20-12-2-1-5-22(9-12)16(19)23/h3-4,6-7,12H,1-2,5,9H2,(H2,19,23)(H,20,21). The molecule has 0 bridgehead atoms. The number of fused-ring (bicyclic) bond motifs is 1. The van der Waals surface area contributed by atoms with Crippen molar-refractivity contribution in [1.29, 1.82) is 5.26 Å². The molecule has 0 saturated carbocycles. The zero-order valence-electron chi connectivity index (χ0n) is 12.4. The third kappa shape index (κ3) is 3.30. The highest BCUT2D eigenvalue weighted by atomic mass is 35.5. The van der Waals surface area contributed by atoms with Crippen molar-refractivity contribution in [2.24, 2.45) is 5.73 Å². The minimum atomic E-state index is -0.407. The number of nitriles is 1. The van der Waals surface area contributed by atoms with Gasteiger partial charge in [-0.2, -0.15) is 5.26 Å². The predicted octanol–water partition coefficient (Wildman–Crippen LogP) is 2.71. The minimum absolute atomic E-state index is 0.0695. The summed E-state index contributed by atoms with van der Waals surface area (Å²) in [6, 6.07) is 8.83. The number of piperidine rings is 1. The van der Waals surface area contributed by atoms with E-state index in [2.05, 4.69) is 16.4 Å². The van der Waals surface area contributed by atoms with Gasteiger partial charge >= 0.3 is 6.03 Å². The maximum atomic E-state index is 11.3. The summed E-state index contributed by atoms with van der Waals surface area (Å²) >= 11 is 5.99. The topological polar surface area (TPSA) is 95.0 Å². The van der Waals surface area contributed by atoms with Gasteiger partial charge < -0.3 is 16.0 Å². The van der Waals surface area contributed by atoms with Crippen molar-refractivity contribution in [3.63, 3.8) is 0 Å². The Morgan fingerprint density at radius 2 is 2.30 bits per heavy atom. The van der Waals surface area contributed by atoms with Gasteiger partial charge in [-0.1, -0.05) is 11.6 Å². The Morgan fingerprint density at radius 1 is 1.48 bits per heavy atom. The van der Waals surface area contributed by atoms with Crippen molar-refractivity contribution in [3.05, 3.63) is 34.9 Å². The molecule has 0 spiro atoms. The summed E-state index contributed by atoms with van der Waals surface area (Å²) in [7, 11) is 0. The van der Waals surface area contributed by atoms with E-state index in [-0.39, 0.29) is 6.04 Å². The van der Waals surface area contributed by atoms with Crippen LogP contribution in [0.15, 0.2) is 24.3 Å². The summed E-state index contributed by atoms with van der Waals surface area (Å²) in [5.74, 6) is 0.618. The summed E-state index contributed by atoms with van der Waals surface area (Å²) in [5.41, 5.74) is 6.57. The lowest BCUT2D eigenvalue weighted by Crippen LogP contribution is -2.47. The molecule has 118 valence electrons. The van der Waals surface area contributed by atoms with Crippen LogP contribution in [0.1, 0.15) is 18.4 Å². The number of carbonyl (C=O) groups excluding carboxylic acids is 1. The largest absolute Gasteiger partial charge is 0.365 e. The second-order valence-corrected chi connectivity index (χ2v) is 6.03. The van der Waals surface area contributed by atoms with E-state index in [9.17, 15) is 10.1 Å². The van der Waals surface area contributed by atoms with Crippen LogP contribution in [0, 0.1) is 11.3 Å². The molecule has 1 fully saturated rings. The molecule has 0 radical (unpaired) electrons. The number of urea groups is 1. The van der Waals surface area contributed by atoms with Gasteiger partial charge in [0.05, 0.1) is 17.1 Å². The zero-order valence-corrected chi connectivity index (χ0v) is 13.2. The average molecular weight is 330 g/mol. The number of carbonyl (C=O) groups is 1. The lowest BCUT2D eigenvalue weighted by atomic mass is 10.1. The van der Waals surface area contributed by atoms with Crippen molar-refractivity contribution in [3.8, 4) is 6.07 Å². The van der Waals surface area contributed by atoms with E-state index in [0.29, 0.717) is 35.0 Å². The first-order chi connectivity index (χ1) is 11.1. The number of hydrogen-bond donors (Lipinski definition) is 2. The number of hydrogen-bond acceptors (Lipinski definition) is 4. The molecule has 1 aromatic carbocycles. The minimum Gasteiger partial charge on any atom is -0.365 e. The maximum absolute atomic E-state index is 11.3. The van der Waals surface area contributed by atoms with Gasteiger partial charge in [-0.3, -0.25) is 0 Å². The molecule has 7 heteroatoms.